The Morgan fingerprint density at radius 2 is 1.76 bits per heavy atom. The normalized spacial score (nSPS) is 9.80. The molecule has 0 aliphatic heterocycles. The van der Waals surface area contributed by atoms with Gasteiger partial charge in [0.1, 0.15) is 5.82 Å². The Bertz CT molecular complexity index is 870. The number of amides is 2. The molecule has 0 unspecified atom stereocenters. The zero-order valence-electron chi connectivity index (χ0n) is 13.3. The van der Waals surface area contributed by atoms with Crippen molar-refractivity contribution in [1.82, 2.24) is 5.32 Å². The standard InChI is InChI=1S/C18H14FN3O3/c1-11(23)13-4-6-15(7-5-13)22-18(25)17(24)21-10-14-3-2-12(9-20)8-16(14)19/h2-8H,10H2,1H3,(H,21,24)(H,22,25). The van der Waals surface area contributed by atoms with Crippen molar-refractivity contribution >= 4 is 23.3 Å². The molecule has 0 radical (unpaired) electrons. The van der Waals surface area contributed by atoms with Crippen LogP contribution in [0.15, 0.2) is 42.5 Å². The van der Waals surface area contributed by atoms with E-state index in [-0.39, 0.29) is 23.5 Å². The smallest absolute Gasteiger partial charge is 0.313 e. The molecule has 25 heavy (non-hydrogen) atoms. The van der Waals surface area contributed by atoms with Gasteiger partial charge in [0.15, 0.2) is 5.78 Å². The van der Waals surface area contributed by atoms with Gasteiger partial charge in [0, 0.05) is 23.4 Å². The molecule has 0 aliphatic carbocycles. The second-order valence-electron chi connectivity index (χ2n) is 5.19. The average Bonchev–Trinajstić information content (AvgIpc) is 2.60. The van der Waals surface area contributed by atoms with Crippen LogP contribution in [0.5, 0.6) is 0 Å². The van der Waals surface area contributed by atoms with Crippen LogP contribution in [-0.4, -0.2) is 17.6 Å². The number of nitrogens with zero attached hydrogens (tertiary/aromatic N) is 1. The van der Waals surface area contributed by atoms with Gasteiger partial charge in [-0.25, -0.2) is 4.39 Å². The molecule has 0 aromatic heterocycles. The monoisotopic (exact) mass is 339 g/mol. The number of hydrogen-bond donors (Lipinski definition) is 2. The van der Waals surface area contributed by atoms with Gasteiger partial charge < -0.3 is 10.6 Å². The van der Waals surface area contributed by atoms with E-state index in [1.807, 2.05) is 0 Å². The molecule has 2 rings (SSSR count). The van der Waals surface area contributed by atoms with Crippen molar-refractivity contribution in [2.75, 3.05) is 5.32 Å². The number of halogens is 1. The lowest BCUT2D eigenvalue weighted by molar-refractivity contribution is -0.136. The van der Waals surface area contributed by atoms with Crippen LogP contribution in [0.1, 0.15) is 28.4 Å². The summed E-state index contributed by atoms with van der Waals surface area (Å²) in [6.45, 7) is 1.23. The molecule has 0 spiro atoms. The van der Waals surface area contributed by atoms with E-state index in [9.17, 15) is 18.8 Å². The van der Waals surface area contributed by atoms with Gasteiger partial charge in [0.2, 0.25) is 0 Å². The molecule has 0 aliphatic rings. The number of nitriles is 1. The fourth-order valence-electron chi connectivity index (χ4n) is 1.99. The lowest BCUT2D eigenvalue weighted by Gasteiger charge is -2.08. The van der Waals surface area contributed by atoms with Crippen molar-refractivity contribution in [3.63, 3.8) is 0 Å². The Labute approximate surface area is 143 Å². The summed E-state index contributed by atoms with van der Waals surface area (Å²) in [4.78, 5) is 34.8. The summed E-state index contributed by atoms with van der Waals surface area (Å²) in [5, 5.41) is 13.4. The molecule has 0 atom stereocenters. The van der Waals surface area contributed by atoms with Gasteiger partial charge in [-0.1, -0.05) is 6.07 Å². The van der Waals surface area contributed by atoms with E-state index >= 15 is 0 Å². The lowest BCUT2D eigenvalue weighted by atomic mass is 10.1. The fourth-order valence-corrected chi connectivity index (χ4v) is 1.99. The molecule has 2 amide bonds. The molecule has 0 fully saturated rings. The van der Waals surface area contributed by atoms with Crippen molar-refractivity contribution in [3.8, 4) is 6.07 Å². The first-order valence-corrected chi connectivity index (χ1v) is 7.29. The highest BCUT2D eigenvalue weighted by Gasteiger charge is 2.14. The van der Waals surface area contributed by atoms with Crippen molar-refractivity contribution in [1.29, 1.82) is 5.26 Å². The van der Waals surface area contributed by atoms with Crippen molar-refractivity contribution in [2.24, 2.45) is 0 Å². The number of ketones is 1. The van der Waals surface area contributed by atoms with Crippen molar-refractivity contribution < 1.29 is 18.8 Å². The first-order valence-electron chi connectivity index (χ1n) is 7.29. The zero-order chi connectivity index (χ0) is 18.4. The van der Waals surface area contributed by atoms with E-state index in [4.69, 9.17) is 5.26 Å². The number of hydrogen-bond acceptors (Lipinski definition) is 4. The maximum absolute atomic E-state index is 13.7. The molecular formula is C18H14FN3O3. The summed E-state index contributed by atoms with van der Waals surface area (Å²) in [6, 6.07) is 11.7. The van der Waals surface area contributed by atoms with Crippen LogP contribution < -0.4 is 10.6 Å². The molecule has 2 N–H and O–H groups in total. The minimum Gasteiger partial charge on any atom is -0.344 e. The third kappa shape index (κ3) is 4.72. The Balaban J connectivity index is 1.93. The Morgan fingerprint density at radius 1 is 1.08 bits per heavy atom. The number of Topliss-reactive ketones (excluding diaryl/α,β-unsaturated/α-hetero) is 1. The van der Waals surface area contributed by atoms with Gasteiger partial charge in [-0.2, -0.15) is 5.26 Å². The van der Waals surface area contributed by atoms with Crippen LogP contribution in [0, 0.1) is 17.1 Å². The maximum atomic E-state index is 13.7. The van der Waals surface area contributed by atoms with Crippen molar-refractivity contribution in [2.45, 2.75) is 13.5 Å². The van der Waals surface area contributed by atoms with Gasteiger partial charge in [-0.3, -0.25) is 14.4 Å². The minimum atomic E-state index is -0.931. The molecule has 0 bridgehead atoms. The first-order chi connectivity index (χ1) is 11.9. The lowest BCUT2D eigenvalue weighted by Crippen LogP contribution is -2.35. The van der Waals surface area contributed by atoms with Gasteiger partial charge in [0.05, 0.1) is 11.6 Å². The van der Waals surface area contributed by atoms with Gasteiger partial charge in [-0.05, 0) is 43.3 Å². The van der Waals surface area contributed by atoms with E-state index in [1.54, 1.807) is 6.07 Å². The summed E-state index contributed by atoms with van der Waals surface area (Å²) >= 11 is 0. The topological polar surface area (TPSA) is 99.1 Å². The molecule has 126 valence electrons. The molecule has 0 saturated heterocycles. The predicted molar refractivity (Wildman–Crippen MR) is 88.0 cm³/mol. The third-order valence-corrected chi connectivity index (χ3v) is 3.38. The summed E-state index contributed by atoms with van der Waals surface area (Å²) < 4.78 is 13.7. The Kier molecular flexibility index (Phi) is 5.58. The molecule has 2 aromatic carbocycles. The number of nitrogens with one attached hydrogen (secondary N) is 2. The number of benzene rings is 2. The molecule has 6 nitrogen and oxygen atoms in total. The van der Waals surface area contributed by atoms with Crippen molar-refractivity contribution in [3.05, 3.63) is 65.0 Å². The Morgan fingerprint density at radius 3 is 2.32 bits per heavy atom. The fraction of sp³-hybridized carbons (Fsp3) is 0.111. The largest absolute Gasteiger partial charge is 0.344 e. The van der Waals surface area contributed by atoms with Crippen LogP contribution in [0.25, 0.3) is 0 Å². The highest BCUT2D eigenvalue weighted by molar-refractivity contribution is 6.39. The first kappa shape index (κ1) is 17.8. The summed E-state index contributed by atoms with van der Waals surface area (Å²) in [5.74, 6) is -2.59. The second kappa shape index (κ2) is 7.84. The molecule has 0 saturated carbocycles. The van der Waals surface area contributed by atoms with E-state index in [0.29, 0.717) is 11.3 Å². The van der Waals surface area contributed by atoms with Crippen LogP contribution in [0.4, 0.5) is 10.1 Å². The minimum absolute atomic E-state index is 0.111. The number of rotatable bonds is 4. The number of carbonyl (C=O) groups is 3. The summed E-state index contributed by atoms with van der Waals surface area (Å²) in [6.07, 6.45) is 0. The van der Waals surface area contributed by atoms with Crippen LogP contribution >= 0.6 is 0 Å². The van der Waals surface area contributed by atoms with Gasteiger partial charge >= 0.3 is 11.8 Å². The molecule has 2 aromatic rings. The molecule has 7 heteroatoms. The zero-order valence-corrected chi connectivity index (χ0v) is 13.3. The average molecular weight is 339 g/mol. The predicted octanol–water partition coefficient (Wildman–Crippen LogP) is 2.15. The highest BCUT2D eigenvalue weighted by atomic mass is 19.1. The quantitative estimate of drug-likeness (QED) is 0.658. The van der Waals surface area contributed by atoms with Gasteiger partial charge in [0.25, 0.3) is 0 Å². The summed E-state index contributed by atoms with van der Waals surface area (Å²) in [7, 11) is 0. The molecule has 0 heterocycles. The van der Waals surface area contributed by atoms with Crippen LogP contribution in [0.2, 0.25) is 0 Å². The van der Waals surface area contributed by atoms with E-state index in [0.717, 1.165) is 6.07 Å². The highest BCUT2D eigenvalue weighted by Crippen LogP contribution is 2.11. The van der Waals surface area contributed by atoms with E-state index in [2.05, 4.69) is 10.6 Å². The number of carbonyl (C=O) groups excluding carboxylic acids is 3. The van der Waals surface area contributed by atoms with Crippen LogP contribution in [-0.2, 0) is 16.1 Å². The van der Waals surface area contributed by atoms with E-state index < -0.39 is 17.6 Å². The van der Waals surface area contributed by atoms with E-state index in [1.165, 1.54) is 43.3 Å². The SMILES string of the molecule is CC(=O)c1ccc(NC(=O)C(=O)NCc2ccc(C#N)cc2F)cc1. The summed E-state index contributed by atoms with van der Waals surface area (Å²) in [5.41, 5.74) is 1.17. The second-order valence-corrected chi connectivity index (χ2v) is 5.19. The Hall–Kier alpha value is -3.53. The van der Waals surface area contributed by atoms with Crippen LogP contribution in [0.3, 0.4) is 0 Å². The van der Waals surface area contributed by atoms with Gasteiger partial charge in [-0.15, -0.1) is 0 Å². The molecular weight excluding hydrogens is 325 g/mol. The third-order valence-electron chi connectivity index (χ3n) is 3.38. The number of anilines is 1. The maximum Gasteiger partial charge on any atom is 0.313 e.